The van der Waals surface area contributed by atoms with Crippen LogP contribution in [0.1, 0.15) is 26.7 Å². The van der Waals surface area contributed by atoms with Crippen molar-refractivity contribution >= 4 is 0 Å². The molecule has 0 aliphatic rings. The largest absolute Gasteiger partial charge is 0.376 e. The number of hydrogen-bond donors (Lipinski definition) is 3. The Morgan fingerprint density at radius 2 is 2.00 bits per heavy atom. The van der Waals surface area contributed by atoms with Gasteiger partial charge in [-0.2, -0.15) is 0 Å². The molecule has 3 nitrogen and oxygen atoms in total. The van der Waals surface area contributed by atoms with E-state index in [9.17, 15) is 5.11 Å². The standard InChI is InChI=1S/C7H18N2O/c1-3-6(5-8)7(9,10)4-2/h6,10H,3-5,8-9H2,1-2H3. The number of rotatable bonds is 4. The zero-order chi connectivity index (χ0) is 8.20. The summed E-state index contributed by atoms with van der Waals surface area (Å²) in [5.74, 6) is 0.0255. The fraction of sp³-hybridized carbons (Fsp3) is 1.00. The summed E-state index contributed by atoms with van der Waals surface area (Å²) in [5, 5.41) is 9.48. The van der Waals surface area contributed by atoms with Crippen LogP contribution in [0.3, 0.4) is 0 Å². The Kier molecular flexibility index (Phi) is 3.86. The lowest BCUT2D eigenvalue weighted by atomic mass is 9.92. The van der Waals surface area contributed by atoms with Gasteiger partial charge >= 0.3 is 0 Å². The molecule has 5 N–H and O–H groups in total. The lowest BCUT2D eigenvalue weighted by molar-refractivity contribution is -0.0146. The van der Waals surface area contributed by atoms with E-state index in [1.807, 2.05) is 13.8 Å². The van der Waals surface area contributed by atoms with Gasteiger partial charge in [-0.15, -0.1) is 0 Å². The highest BCUT2D eigenvalue weighted by atomic mass is 16.3. The Labute approximate surface area is 62.4 Å². The molecule has 0 amide bonds. The topological polar surface area (TPSA) is 72.3 Å². The minimum absolute atomic E-state index is 0.0255. The first-order valence-corrected chi connectivity index (χ1v) is 3.79. The average Bonchev–Trinajstić information content (AvgIpc) is 1.90. The summed E-state index contributed by atoms with van der Waals surface area (Å²) in [5.41, 5.74) is 9.90. The highest BCUT2D eigenvalue weighted by Gasteiger charge is 2.27. The zero-order valence-corrected chi connectivity index (χ0v) is 6.80. The van der Waals surface area contributed by atoms with Gasteiger partial charge in [0.05, 0.1) is 0 Å². The van der Waals surface area contributed by atoms with Crippen molar-refractivity contribution in [3.63, 3.8) is 0 Å². The molecular formula is C7H18N2O. The van der Waals surface area contributed by atoms with Crippen molar-refractivity contribution in [3.8, 4) is 0 Å². The Bertz CT molecular complexity index is 89.6. The molecule has 0 aliphatic carbocycles. The van der Waals surface area contributed by atoms with Gasteiger partial charge in [-0.05, 0) is 19.4 Å². The molecule has 0 rings (SSSR count). The van der Waals surface area contributed by atoms with E-state index in [1.165, 1.54) is 0 Å². The first-order chi connectivity index (χ1) is 4.58. The van der Waals surface area contributed by atoms with Crippen LogP contribution in [0, 0.1) is 5.92 Å². The van der Waals surface area contributed by atoms with Crippen molar-refractivity contribution in [3.05, 3.63) is 0 Å². The number of aliphatic hydroxyl groups is 1. The van der Waals surface area contributed by atoms with Crippen molar-refractivity contribution in [2.45, 2.75) is 32.4 Å². The molecule has 0 aromatic carbocycles. The van der Waals surface area contributed by atoms with Crippen LogP contribution in [0.2, 0.25) is 0 Å². The van der Waals surface area contributed by atoms with Gasteiger partial charge in [0.15, 0.2) is 0 Å². The minimum Gasteiger partial charge on any atom is -0.376 e. The van der Waals surface area contributed by atoms with E-state index >= 15 is 0 Å². The highest BCUT2D eigenvalue weighted by molar-refractivity contribution is 4.78. The summed E-state index contributed by atoms with van der Waals surface area (Å²) < 4.78 is 0. The molecule has 0 bridgehead atoms. The van der Waals surface area contributed by atoms with E-state index in [0.29, 0.717) is 13.0 Å². The average molecular weight is 146 g/mol. The molecular weight excluding hydrogens is 128 g/mol. The summed E-state index contributed by atoms with van der Waals surface area (Å²) in [6.07, 6.45) is 1.39. The van der Waals surface area contributed by atoms with E-state index in [0.717, 1.165) is 6.42 Å². The lowest BCUT2D eigenvalue weighted by Crippen LogP contribution is -2.49. The molecule has 0 aromatic heterocycles. The summed E-state index contributed by atoms with van der Waals surface area (Å²) in [6, 6.07) is 0. The monoisotopic (exact) mass is 146 g/mol. The second-order valence-corrected chi connectivity index (χ2v) is 2.69. The fourth-order valence-electron chi connectivity index (χ4n) is 1.01. The van der Waals surface area contributed by atoms with Gasteiger partial charge in [-0.3, -0.25) is 0 Å². The summed E-state index contributed by atoms with van der Waals surface area (Å²) in [7, 11) is 0. The number of nitrogens with two attached hydrogens (primary N) is 2. The highest BCUT2D eigenvalue weighted by Crippen LogP contribution is 2.17. The minimum atomic E-state index is -1.07. The van der Waals surface area contributed by atoms with Gasteiger partial charge in [0, 0.05) is 5.92 Å². The van der Waals surface area contributed by atoms with Crippen LogP contribution in [0.4, 0.5) is 0 Å². The molecule has 2 atom stereocenters. The van der Waals surface area contributed by atoms with Gasteiger partial charge in [0.25, 0.3) is 0 Å². The van der Waals surface area contributed by atoms with Crippen LogP contribution in [0.5, 0.6) is 0 Å². The van der Waals surface area contributed by atoms with E-state index < -0.39 is 5.72 Å². The Morgan fingerprint density at radius 1 is 1.50 bits per heavy atom. The molecule has 0 fully saturated rings. The molecule has 0 radical (unpaired) electrons. The Morgan fingerprint density at radius 3 is 2.10 bits per heavy atom. The molecule has 3 heteroatoms. The SMILES string of the molecule is CCC(CN)C(N)(O)CC. The van der Waals surface area contributed by atoms with Crippen LogP contribution in [0.25, 0.3) is 0 Å². The van der Waals surface area contributed by atoms with Crippen molar-refractivity contribution in [2.24, 2.45) is 17.4 Å². The smallest absolute Gasteiger partial charge is 0.117 e. The van der Waals surface area contributed by atoms with Gasteiger partial charge < -0.3 is 16.6 Å². The first kappa shape index (κ1) is 9.88. The third-order valence-corrected chi connectivity index (χ3v) is 2.05. The maximum Gasteiger partial charge on any atom is 0.117 e. The summed E-state index contributed by atoms with van der Waals surface area (Å²) in [6.45, 7) is 4.29. The zero-order valence-electron chi connectivity index (χ0n) is 6.80. The molecule has 0 spiro atoms. The predicted molar refractivity (Wildman–Crippen MR) is 42.3 cm³/mol. The van der Waals surface area contributed by atoms with Crippen LogP contribution in [-0.2, 0) is 0 Å². The van der Waals surface area contributed by atoms with Crippen molar-refractivity contribution in [2.75, 3.05) is 6.54 Å². The predicted octanol–water partition coefficient (Wildman–Crippen LogP) is 0.0286. The second-order valence-electron chi connectivity index (χ2n) is 2.69. The normalized spacial score (nSPS) is 20.1. The van der Waals surface area contributed by atoms with Crippen LogP contribution in [0.15, 0.2) is 0 Å². The van der Waals surface area contributed by atoms with Gasteiger partial charge in [0.1, 0.15) is 5.72 Å². The quantitative estimate of drug-likeness (QED) is 0.490. The molecule has 2 unspecified atom stereocenters. The molecule has 0 saturated heterocycles. The van der Waals surface area contributed by atoms with E-state index in [2.05, 4.69) is 0 Å². The van der Waals surface area contributed by atoms with Crippen molar-refractivity contribution in [1.82, 2.24) is 0 Å². The van der Waals surface area contributed by atoms with Crippen molar-refractivity contribution < 1.29 is 5.11 Å². The maximum absolute atomic E-state index is 9.48. The van der Waals surface area contributed by atoms with Crippen LogP contribution >= 0.6 is 0 Å². The molecule has 62 valence electrons. The molecule has 0 saturated carbocycles. The second kappa shape index (κ2) is 3.91. The van der Waals surface area contributed by atoms with E-state index in [1.54, 1.807) is 0 Å². The van der Waals surface area contributed by atoms with E-state index in [-0.39, 0.29) is 5.92 Å². The maximum atomic E-state index is 9.48. The van der Waals surface area contributed by atoms with Gasteiger partial charge in [-0.25, -0.2) is 0 Å². The molecule has 0 heterocycles. The fourth-order valence-corrected chi connectivity index (χ4v) is 1.01. The van der Waals surface area contributed by atoms with Crippen molar-refractivity contribution in [1.29, 1.82) is 0 Å². The molecule has 0 aromatic rings. The lowest BCUT2D eigenvalue weighted by Gasteiger charge is -2.29. The number of hydrogen-bond acceptors (Lipinski definition) is 3. The van der Waals surface area contributed by atoms with E-state index in [4.69, 9.17) is 11.5 Å². The summed E-state index contributed by atoms with van der Waals surface area (Å²) >= 11 is 0. The third-order valence-electron chi connectivity index (χ3n) is 2.05. The summed E-state index contributed by atoms with van der Waals surface area (Å²) in [4.78, 5) is 0. The van der Waals surface area contributed by atoms with Gasteiger partial charge in [-0.1, -0.05) is 13.8 Å². The Hall–Kier alpha value is -0.120. The molecule has 10 heavy (non-hydrogen) atoms. The van der Waals surface area contributed by atoms with Gasteiger partial charge in [0.2, 0.25) is 0 Å². The van der Waals surface area contributed by atoms with Crippen LogP contribution in [-0.4, -0.2) is 17.4 Å². The van der Waals surface area contributed by atoms with Crippen LogP contribution < -0.4 is 11.5 Å². The Balaban J connectivity index is 3.97. The molecule has 0 aliphatic heterocycles. The first-order valence-electron chi connectivity index (χ1n) is 3.79. The third kappa shape index (κ3) is 2.25.